The van der Waals surface area contributed by atoms with Gasteiger partial charge in [0.15, 0.2) is 0 Å². The van der Waals surface area contributed by atoms with Crippen LogP contribution in [0, 0.1) is 0 Å². The third-order valence-corrected chi connectivity index (χ3v) is 2.87. The van der Waals surface area contributed by atoms with E-state index >= 15 is 0 Å². The third-order valence-electron chi connectivity index (χ3n) is 2.87. The monoisotopic (exact) mass is 192 g/mol. The number of aromatic nitrogens is 1. The molecule has 0 aromatic carbocycles. The van der Waals surface area contributed by atoms with Crippen molar-refractivity contribution in [2.24, 2.45) is 5.73 Å². The Balaban J connectivity index is 2.38. The second kappa shape index (κ2) is 3.96. The van der Waals surface area contributed by atoms with E-state index in [0.717, 1.165) is 18.5 Å². The number of nitrogens with zero attached hydrogens (tertiary/aromatic N) is 1. The lowest BCUT2D eigenvalue weighted by atomic mass is 9.87. The van der Waals surface area contributed by atoms with E-state index in [-0.39, 0.29) is 0 Å². The predicted octanol–water partition coefficient (Wildman–Crippen LogP) is 1.47. The number of ether oxygens (including phenoxy) is 1. The first-order valence-corrected chi connectivity index (χ1v) is 5.09. The number of hydrogen-bond donors (Lipinski definition) is 1. The second-order valence-electron chi connectivity index (χ2n) is 3.72. The molecule has 2 N–H and O–H groups in total. The first-order chi connectivity index (χ1) is 6.85. The molecular formula is C11H16N2O. The van der Waals surface area contributed by atoms with Crippen molar-refractivity contribution >= 4 is 0 Å². The van der Waals surface area contributed by atoms with Crippen molar-refractivity contribution in [2.75, 3.05) is 13.7 Å². The lowest BCUT2D eigenvalue weighted by Crippen LogP contribution is -2.19. The standard InChI is InChI=1S/C11H16N2O/c1-14-10-6-5-8-3-2-4-9(7-12)11(8)13-10/h5-6,9H,2-4,7,12H2,1H3/t9-/m1/s1. The molecule has 0 bridgehead atoms. The summed E-state index contributed by atoms with van der Waals surface area (Å²) in [6.45, 7) is 0.688. The van der Waals surface area contributed by atoms with Gasteiger partial charge in [-0.2, -0.15) is 0 Å². The van der Waals surface area contributed by atoms with Crippen LogP contribution in [0.4, 0.5) is 0 Å². The van der Waals surface area contributed by atoms with E-state index in [9.17, 15) is 0 Å². The van der Waals surface area contributed by atoms with Gasteiger partial charge in [-0.1, -0.05) is 6.07 Å². The Morgan fingerprint density at radius 2 is 2.43 bits per heavy atom. The van der Waals surface area contributed by atoms with Crippen molar-refractivity contribution in [2.45, 2.75) is 25.2 Å². The Kier molecular flexibility index (Phi) is 2.68. The van der Waals surface area contributed by atoms with Gasteiger partial charge >= 0.3 is 0 Å². The molecule has 76 valence electrons. The summed E-state index contributed by atoms with van der Waals surface area (Å²) in [5.74, 6) is 1.12. The van der Waals surface area contributed by atoms with Crippen molar-refractivity contribution in [3.05, 3.63) is 23.4 Å². The second-order valence-corrected chi connectivity index (χ2v) is 3.72. The lowest BCUT2D eigenvalue weighted by Gasteiger charge is -2.23. The summed E-state index contributed by atoms with van der Waals surface area (Å²) in [7, 11) is 1.65. The molecule has 0 saturated heterocycles. The van der Waals surface area contributed by atoms with Gasteiger partial charge in [0, 0.05) is 18.5 Å². The predicted molar refractivity (Wildman–Crippen MR) is 55.5 cm³/mol. The highest BCUT2D eigenvalue weighted by molar-refractivity contribution is 5.30. The van der Waals surface area contributed by atoms with Crippen LogP contribution in [0.3, 0.4) is 0 Å². The molecule has 2 rings (SSSR count). The molecule has 3 heteroatoms. The lowest BCUT2D eigenvalue weighted by molar-refractivity contribution is 0.392. The van der Waals surface area contributed by atoms with Crippen LogP contribution < -0.4 is 10.5 Å². The number of methoxy groups -OCH3 is 1. The van der Waals surface area contributed by atoms with Gasteiger partial charge in [-0.25, -0.2) is 4.98 Å². The number of fused-ring (bicyclic) bond motifs is 1. The minimum atomic E-state index is 0.425. The van der Waals surface area contributed by atoms with E-state index in [2.05, 4.69) is 11.1 Å². The van der Waals surface area contributed by atoms with Gasteiger partial charge in [0.1, 0.15) is 0 Å². The molecule has 1 aliphatic carbocycles. The van der Waals surface area contributed by atoms with Crippen molar-refractivity contribution in [3.63, 3.8) is 0 Å². The number of nitrogens with two attached hydrogens (primary N) is 1. The SMILES string of the molecule is COc1ccc2c(n1)[C@@H](CN)CCC2. The zero-order chi connectivity index (χ0) is 9.97. The average molecular weight is 192 g/mol. The molecule has 3 nitrogen and oxygen atoms in total. The summed E-state index contributed by atoms with van der Waals surface area (Å²) in [4.78, 5) is 4.48. The van der Waals surface area contributed by atoms with Gasteiger partial charge in [-0.05, 0) is 24.8 Å². The van der Waals surface area contributed by atoms with Crippen LogP contribution in [0.15, 0.2) is 12.1 Å². The molecule has 0 spiro atoms. The molecule has 1 aromatic rings. The van der Waals surface area contributed by atoms with E-state index < -0.39 is 0 Å². The zero-order valence-electron chi connectivity index (χ0n) is 8.49. The van der Waals surface area contributed by atoms with Crippen molar-refractivity contribution in [3.8, 4) is 5.88 Å². The Hall–Kier alpha value is -1.09. The minimum Gasteiger partial charge on any atom is -0.481 e. The molecule has 0 saturated carbocycles. The van der Waals surface area contributed by atoms with E-state index in [0.29, 0.717) is 18.3 Å². The molecule has 0 amide bonds. The fraction of sp³-hybridized carbons (Fsp3) is 0.545. The van der Waals surface area contributed by atoms with Gasteiger partial charge in [0.2, 0.25) is 5.88 Å². The van der Waals surface area contributed by atoms with Crippen LogP contribution in [0.2, 0.25) is 0 Å². The topological polar surface area (TPSA) is 48.1 Å². The van der Waals surface area contributed by atoms with Crippen molar-refractivity contribution < 1.29 is 4.74 Å². The summed E-state index contributed by atoms with van der Waals surface area (Å²) in [5, 5.41) is 0. The van der Waals surface area contributed by atoms with Crippen molar-refractivity contribution in [1.82, 2.24) is 4.98 Å². The van der Waals surface area contributed by atoms with Gasteiger partial charge in [-0.15, -0.1) is 0 Å². The molecule has 0 aliphatic heterocycles. The molecule has 0 radical (unpaired) electrons. The number of rotatable bonds is 2. The summed E-state index contributed by atoms with van der Waals surface area (Å²) < 4.78 is 5.12. The van der Waals surface area contributed by atoms with E-state index in [1.807, 2.05) is 6.07 Å². The maximum Gasteiger partial charge on any atom is 0.213 e. The van der Waals surface area contributed by atoms with Gasteiger partial charge in [-0.3, -0.25) is 0 Å². The summed E-state index contributed by atoms with van der Waals surface area (Å²) in [5.41, 5.74) is 8.22. The minimum absolute atomic E-state index is 0.425. The number of pyridine rings is 1. The Morgan fingerprint density at radius 1 is 1.57 bits per heavy atom. The highest BCUT2D eigenvalue weighted by Gasteiger charge is 2.20. The molecular weight excluding hydrogens is 176 g/mol. The summed E-state index contributed by atoms with van der Waals surface area (Å²) in [6, 6.07) is 4.04. The normalized spacial score (nSPS) is 20.3. The molecule has 14 heavy (non-hydrogen) atoms. The molecule has 1 aromatic heterocycles. The maximum absolute atomic E-state index is 5.73. The summed E-state index contributed by atoms with van der Waals surface area (Å²) >= 11 is 0. The molecule has 1 aliphatic rings. The molecule has 1 atom stereocenters. The first-order valence-electron chi connectivity index (χ1n) is 5.09. The van der Waals surface area contributed by atoms with Gasteiger partial charge in [0.25, 0.3) is 0 Å². The molecule has 1 heterocycles. The largest absolute Gasteiger partial charge is 0.481 e. The maximum atomic E-state index is 5.73. The Labute approximate surface area is 84.3 Å². The van der Waals surface area contributed by atoms with Gasteiger partial charge < -0.3 is 10.5 Å². The quantitative estimate of drug-likeness (QED) is 0.772. The number of aryl methyl sites for hydroxylation is 1. The molecule has 0 fully saturated rings. The summed E-state index contributed by atoms with van der Waals surface area (Å²) in [6.07, 6.45) is 3.51. The Morgan fingerprint density at radius 3 is 3.14 bits per heavy atom. The highest BCUT2D eigenvalue weighted by Crippen LogP contribution is 2.30. The average Bonchev–Trinajstić information content (AvgIpc) is 2.27. The first kappa shape index (κ1) is 9.46. The third kappa shape index (κ3) is 1.60. The van der Waals surface area contributed by atoms with Crippen LogP contribution in [0.1, 0.15) is 30.0 Å². The van der Waals surface area contributed by atoms with Crippen LogP contribution in [0.5, 0.6) is 5.88 Å². The zero-order valence-corrected chi connectivity index (χ0v) is 8.49. The van der Waals surface area contributed by atoms with Crippen LogP contribution >= 0.6 is 0 Å². The highest BCUT2D eigenvalue weighted by atomic mass is 16.5. The Bertz CT molecular complexity index is 325. The fourth-order valence-corrected chi connectivity index (χ4v) is 2.07. The van der Waals surface area contributed by atoms with Gasteiger partial charge in [0.05, 0.1) is 12.8 Å². The van der Waals surface area contributed by atoms with E-state index in [1.54, 1.807) is 7.11 Å². The van der Waals surface area contributed by atoms with E-state index in [1.165, 1.54) is 12.0 Å². The fourth-order valence-electron chi connectivity index (χ4n) is 2.07. The molecule has 0 unspecified atom stereocenters. The van der Waals surface area contributed by atoms with Crippen molar-refractivity contribution in [1.29, 1.82) is 0 Å². The van der Waals surface area contributed by atoms with Crippen LogP contribution in [-0.2, 0) is 6.42 Å². The van der Waals surface area contributed by atoms with Crippen LogP contribution in [0.25, 0.3) is 0 Å². The van der Waals surface area contributed by atoms with E-state index in [4.69, 9.17) is 10.5 Å². The number of hydrogen-bond acceptors (Lipinski definition) is 3. The van der Waals surface area contributed by atoms with Crippen LogP contribution in [-0.4, -0.2) is 18.6 Å². The smallest absolute Gasteiger partial charge is 0.213 e.